The molecule has 0 aliphatic carbocycles. The second-order valence-corrected chi connectivity index (χ2v) is 7.96. The summed E-state index contributed by atoms with van der Waals surface area (Å²) in [6.07, 6.45) is 1.91. The highest BCUT2D eigenvalue weighted by Gasteiger charge is 2.21. The van der Waals surface area contributed by atoms with Crippen LogP contribution in [0.25, 0.3) is 0 Å². The minimum atomic E-state index is -0.0356. The van der Waals surface area contributed by atoms with Gasteiger partial charge in [-0.25, -0.2) is 0 Å². The number of quaternary nitrogens is 1. The van der Waals surface area contributed by atoms with E-state index in [1.54, 1.807) is 11.0 Å². The first-order chi connectivity index (χ1) is 13.4. The number of halogens is 2. The number of carbonyl (C=O) groups excluding carboxylic acids is 2. The molecule has 0 radical (unpaired) electrons. The van der Waals surface area contributed by atoms with Gasteiger partial charge < -0.3 is 15.1 Å². The average molecular weight is 421 g/mol. The summed E-state index contributed by atoms with van der Waals surface area (Å²) in [4.78, 5) is 27.0. The maximum absolute atomic E-state index is 12.2. The number of amides is 2. The molecule has 148 valence electrons. The van der Waals surface area contributed by atoms with E-state index in [1.807, 2.05) is 43.4 Å². The summed E-state index contributed by atoms with van der Waals surface area (Å²) in [7, 11) is 2.03. The van der Waals surface area contributed by atoms with Crippen LogP contribution in [0, 0.1) is 0 Å². The third kappa shape index (κ3) is 5.47. The number of benzene rings is 2. The molecule has 3 rings (SSSR count). The maximum Gasteiger partial charge on any atom is 0.230 e. The fourth-order valence-electron chi connectivity index (χ4n) is 3.27. The molecular weight excluding hydrogens is 397 g/mol. The molecule has 2 aromatic rings. The molecule has 7 heteroatoms. The van der Waals surface area contributed by atoms with Gasteiger partial charge in [-0.05, 0) is 42.8 Å². The quantitative estimate of drug-likeness (QED) is 0.722. The number of hydrogen-bond acceptors (Lipinski definition) is 2. The van der Waals surface area contributed by atoms with Crippen LogP contribution in [0.4, 0.5) is 11.4 Å². The highest BCUT2D eigenvalue weighted by Crippen LogP contribution is 2.23. The zero-order valence-corrected chi connectivity index (χ0v) is 17.3. The van der Waals surface area contributed by atoms with E-state index in [4.69, 9.17) is 23.2 Å². The Morgan fingerprint density at radius 1 is 1.18 bits per heavy atom. The molecule has 1 atom stereocenters. The van der Waals surface area contributed by atoms with E-state index in [-0.39, 0.29) is 11.8 Å². The van der Waals surface area contributed by atoms with Gasteiger partial charge in [0, 0.05) is 34.9 Å². The maximum atomic E-state index is 12.2. The van der Waals surface area contributed by atoms with Crippen LogP contribution >= 0.6 is 23.2 Å². The Morgan fingerprint density at radius 3 is 2.57 bits per heavy atom. The average Bonchev–Trinajstić information content (AvgIpc) is 3.09. The Bertz CT molecular complexity index is 855. The van der Waals surface area contributed by atoms with Crippen molar-refractivity contribution < 1.29 is 14.5 Å². The second kappa shape index (κ2) is 9.41. The van der Waals surface area contributed by atoms with E-state index in [0.717, 1.165) is 36.4 Å². The molecule has 1 saturated heterocycles. The van der Waals surface area contributed by atoms with Gasteiger partial charge in [0.1, 0.15) is 6.54 Å². The number of nitrogens with zero attached hydrogens (tertiary/aromatic N) is 1. The highest BCUT2D eigenvalue weighted by molar-refractivity contribution is 6.35. The predicted octanol–water partition coefficient (Wildman–Crippen LogP) is 3.16. The van der Waals surface area contributed by atoms with Crippen molar-refractivity contribution in [3.05, 3.63) is 58.1 Å². The molecule has 5 nitrogen and oxygen atoms in total. The van der Waals surface area contributed by atoms with Crippen LogP contribution in [-0.2, 0) is 16.1 Å². The molecule has 1 fully saturated rings. The molecule has 2 N–H and O–H groups in total. The van der Waals surface area contributed by atoms with E-state index >= 15 is 0 Å². The third-order valence-electron chi connectivity index (χ3n) is 4.82. The fraction of sp³-hybridized carbons (Fsp3) is 0.333. The summed E-state index contributed by atoms with van der Waals surface area (Å²) in [6.45, 7) is 2.17. The van der Waals surface area contributed by atoms with E-state index in [0.29, 0.717) is 29.4 Å². The van der Waals surface area contributed by atoms with Crippen molar-refractivity contribution in [3.8, 4) is 0 Å². The van der Waals surface area contributed by atoms with Gasteiger partial charge in [-0.2, -0.15) is 0 Å². The van der Waals surface area contributed by atoms with Crippen LogP contribution < -0.4 is 15.1 Å². The third-order valence-corrected chi connectivity index (χ3v) is 5.41. The monoisotopic (exact) mass is 420 g/mol. The molecule has 2 aromatic carbocycles. The first kappa shape index (κ1) is 20.6. The standard InChI is InChI=1S/C21H23Cl2N3O2/c1-25(14-15-4-5-16(22)13-19(15)23)12-10-20(27)24-17-6-8-18(9-7-17)26-11-2-3-21(26)28/h4-9,13H,2-3,10-12,14H2,1H3,(H,24,27)/p+1. The molecule has 1 unspecified atom stereocenters. The molecule has 1 aliphatic heterocycles. The van der Waals surface area contributed by atoms with Crippen LogP contribution in [-0.4, -0.2) is 32.0 Å². The summed E-state index contributed by atoms with van der Waals surface area (Å²) in [5.74, 6) is 0.121. The molecule has 28 heavy (non-hydrogen) atoms. The molecule has 1 heterocycles. The van der Waals surface area contributed by atoms with Crippen LogP contribution in [0.1, 0.15) is 24.8 Å². The lowest BCUT2D eigenvalue weighted by atomic mass is 10.2. The zero-order chi connectivity index (χ0) is 20.1. The van der Waals surface area contributed by atoms with Crippen molar-refractivity contribution in [1.29, 1.82) is 0 Å². The van der Waals surface area contributed by atoms with Gasteiger partial charge in [0.25, 0.3) is 0 Å². The van der Waals surface area contributed by atoms with Gasteiger partial charge in [0.05, 0.1) is 25.0 Å². The molecule has 0 saturated carbocycles. The largest absolute Gasteiger partial charge is 0.333 e. The predicted molar refractivity (Wildman–Crippen MR) is 113 cm³/mol. The van der Waals surface area contributed by atoms with Crippen molar-refractivity contribution in [3.63, 3.8) is 0 Å². The Kier molecular flexibility index (Phi) is 6.94. The van der Waals surface area contributed by atoms with Crippen molar-refractivity contribution in [2.24, 2.45) is 0 Å². The van der Waals surface area contributed by atoms with Crippen LogP contribution in [0.5, 0.6) is 0 Å². The highest BCUT2D eigenvalue weighted by atomic mass is 35.5. The number of anilines is 2. The van der Waals surface area contributed by atoms with Gasteiger partial charge in [0.15, 0.2) is 0 Å². The Morgan fingerprint density at radius 2 is 1.93 bits per heavy atom. The van der Waals surface area contributed by atoms with Gasteiger partial charge in [-0.1, -0.05) is 29.3 Å². The van der Waals surface area contributed by atoms with Gasteiger partial charge >= 0.3 is 0 Å². The molecular formula is C21H24Cl2N3O2+. The molecule has 1 aliphatic rings. The summed E-state index contributed by atoms with van der Waals surface area (Å²) < 4.78 is 0. The van der Waals surface area contributed by atoms with Crippen molar-refractivity contribution in [1.82, 2.24) is 0 Å². The summed E-state index contributed by atoms with van der Waals surface area (Å²) in [6, 6.07) is 12.9. The minimum absolute atomic E-state index is 0.0356. The topological polar surface area (TPSA) is 53.9 Å². The lowest BCUT2D eigenvalue weighted by molar-refractivity contribution is -0.893. The normalized spacial score (nSPS) is 15.0. The van der Waals surface area contributed by atoms with Gasteiger partial charge in [0.2, 0.25) is 11.8 Å². The van der Waals surface area contributed by atoms with Gasteiger partial charge in [-0.3, -0.25) is 9.59 Å². The Labute approximate surface area is 175 Å². The lowest BCUT2D eigenvalue weighted by Gasteiger charge is -2.16. The fourth-order valence-corrected chi connectivity index (χ4v) is 3.75. The minimum Gasteiger partial charge on any atom is -0.333 e. The number of carbonyl (C=O) groups is 2. The van der Waals surface area contributed by atoms with Crippen molar-refractivity contribution in [2.75, 3.05) is 30.4 Å². The van der Waals surface area contributed by atoms with E-state index in [1.165, 1.54) is 4.90 Å². The summed E-state index contributed by atoms with van der Waals surface area (Å²) in [5.41, 5.74) is 2.62. The SMILES string of the molecule is C[NH+](CCC(=O)Nc1ccc(N2CCCC2=O)cc1)Cc1ccc(Cl)cc1Cl. The zero-order valence-electron chi connectivity index (χ0n) is 15.8. The van der Waals surface area contributed by atoms with E-state index < -0.39 is 0 Å². The molecule has 0 aromatic heterocycles. The van der Waals surface area contributed by atoms with E-state index in [2.05, 4.69) is 5.32 Å². The number of nitrogens with one attached hydrogen (secondary N) is 2. The van der Waals surface area contributed by atoms with Gasteiger partial charge in [-0.15, -0.1) is 0 Å². The van der Waals surface area contributed by atoms with Crippen LogP contribution in [0.3, 0.4) is 0 Å². The van der Waals surface area contributed by atoms with Crippen molar-refractivity contribution in [2.45, 2.75) is 25.8 Å². The summed E-state index contributed by atoms with van der Waals surface area (Å²) in [5, 5.41) is 4.17. The smallest absolute Gasteiger partial charge is 0.230 e. The Balaban J connectivity index is 1.46. The van der Waals surface area contributed by atoms with Crippen LogP contribution in [0.15, 0.2) is 42.5 Å². The number of hydrogen-bond donors (Lipinski definition) is 2. The molecule has 0 spiro atoms. The summed E-state index contributed by atoms with van der Waals surface area (Å²) >= 11 is 12.1. The first-order valence-electron chi connectivity index (χ1n) is 9.38. The second-order valence-electron chi connectivity index (χ2n) is 7.11. The lowest BCUT2D eigenvalue weighted by Crippen LogP contribution is -3.07. The molecule has 0 bridgehead atoms. The first-order valence-corrected chi connectivity index (χ1v) is 10.1. The number of rotatable bonds is 7. The van der Waals surface area contributed by atoms with Crippen molar-refractivity contribution >= 4 is 46.4 Å². The van der Waals surface area contributed by atoms with Crippen LogP contribution in [0.2, 0.25) is 10.0 Å². The molecule has 2 amide bonds. The van der Waals surface area contributed by atoms with E-state index in [9.17, 15) is 9.59 Å². The Hall–Kier alpha value is -2.08.